The van der Waals surface area contributed by atoms with Crippen LogP contribution in [0.2, 0.25) is 0 Å². The van der Waals surface area contributed by atoms with Gasteiger partial charge in [-0.2, -0.15) is 0 Å². The monoisotopic (exact) mass is 429 g/mol. The van der Waals surface area contributed by atoms with Gasteiger partial charge in [0.2, 0.25) is 11.8 Å². The summed E-state index contributed by atoms with van der Waals surface area (Å²) < 4.78 is 18.8. The molecule has 2 saturated heterocycles. The van der Waals surface area contributed by atoms with Crippen molar-refractivity contribution in [3.05, 3.63) is 47.8 Å². The number of hydrogen-bond acceptors (Lipinski definition) is 4. The van der Waals surface area contributed by atoms with Gasteiger partial charge in [0.25, 0.3) is 0 Å². The fourth-order valence-electron chi connectivity index (χ4n) is 4.92. The van der Waals surface area contributed by atoms with Crippen LogP contribution in [0.4, 0.5) is 4.39 Å². The standard InChI is InChI=1S/C24H32FN3O3/c25-20-6-4-18(5-7-20)16-28-12-10-24(11-13-28)9-2-1-3-19-17-31-14-8-21(19)27-22(29)15-26-23(24)30/h1-2,4-7,19,21H,3,8-17H2,(H,26,30)(H,27,29)/t19-,21+/m0/s1. The van der Waals surface area contributed by atoms with Crippen LogP contribution >= 0.6 is 0 Å². The molecule has 0 bridgehead atoms. The zero-order valence-corrected chi connectivity index (χ0v) is 17.9. The van der Waals surface area contributed by atoms with Gasteiger partial charge in [0.1, 0.15) is 5.82 Å². The quantitative estimate of drug-likeness (QED) is 0.709. The number of ether oxygens (including phenoxy) is 1. The molecule has 0 saturated carbocycles. The summed E-state index contributed by atoms with van der Waals surface area (Å²) in [5.41, 5.74) is 0.582. The third kappa shape index (κ3) is 5.52. The van der Waals surface area contributed by atoms with Crippen LogP contribution < -0.4 is 10.6 Å². The first-order valence-corrected chi connectivity index (χ1v) is 11.3. The molecule has 6 nitrogen and oxygen atoms in total. The number of carbonyl (C=O) groups excluding carboxylic acids is 2. The average molecular weight is 430 g/mol. The maximum Gasteiger partial charge on any atom is 0.239 e. The summed E-state index contributed by atoms with van der Waals surface area (Å²) >= 11 is 0. The normalized spacial score (nSPS) is 27.5. The van der Waals surface area contributed by atoms with Crippen molar-refractivity contribution in [2.45, 2.75) is 44.7 Å². The first-order chi connectivity index (χ1) is 15.0. The van der Waals surface area contributed by atoms with Gasteiger partial charge in [-0.1, -0.05) is 24.3 Å². The molecular weight excluding hydrogens is 397 g/mol. The van der Waals surface area contributed by atoms with Crippen LogP contribution in [0.25, 0.3) is 0 Å². The topological polar surface area (TPSA) is 70.7 Å². The van der Waals surface area contributed by atoms with E-state index in [1.54, 1.807) is 0 Å². The molecule has 3 aliphatic rings. The van der Waals surface area contributed by atoms with E-state index in [0.29, 0.717) is 19.6 Å². The van der Waals surface area contributed by atoms with E-state index in [2.05, 4.69) is 27.7 Å². The molecule has 168 valence electrons. The van der Waals surface area contributed by atoms with E-state index < -0.39 is 5.41 Å². The minimum absolute atomic E-state index is 0.0215. The lowest BCUT2D eigenvalue weighted by atomic mass is 9.74. The van der Waals surface area contributed by atoms with Gasteiger partial charge < -0.3 is 15.4 Å². The van der Waals surface area contributed by atoms with Crippen molar-refractivity contribution in [3.8, 4) is 0 Å². The smallest absolute Gasteiger partial charge is 0.239 e. The minimum atomic E-state index is -0.488. The molecule has 3 heterocycles. The Kier molecular flexibility index (Phi) is 7.02. The molecule has 1 aromatic rings. The summed E-state index contributed by atoms with van der Waals surface area (Å²) in [4.78, 5) is 27.9. The number of allylic oxidation sites excluding steroid dienone is 2. The maximum absolute atomic E-state index is 13.2. The Morgan fingerprint density at radius 3 is 2.68 bits per heavy atom. The van der Waals surface area contributed by atoms with Crippen molar-refractivity contribution >= 4 is 11.8 Å². The van der Waals surface area contributed by atoms with Crippen molar-refractivity contribution in [1.29, 1.82) is 0 Å². The molecule has 4 rings (SSSR count). The molecular formula is C24H32FN3O3. The van der Waals surface area contributed by atoms with E-state index in [-0.39, 0.29) is 36.1 Å². The zero-order chi connectivity index (χ0) is 21.7. The molecule has 2 amide bonds. The predicted octanol–water partition coefficient (Wildman–Crippen LogP) is 2.40. The predicted molar refractivity (Wildman–Crippen MR) is 116 cm³/mol. The van der Waals surface area contributed by atoms with Crippen LogP contribution in [-0.2, 0) is 20.9 Å². The molecule has 0 unspecified atom stereocenters. The largest absolute Gasteiger partial charge is 0.381 e. The van der Waals surface area contributed by atoms with Crippen LogP contribution in [0.15, 0.2) is 36.4 Å². The number of nitrogens with zero attached hydrogens (tertiary/aromatic N) is 1. The van der Waals surface area contributed by atoms with Crippen LogP contribution in [-0.4, -0.2) is 55.6 Å². The fourth-order valence-corrected chi connectivity index (χ4v) is 4.92. The van der Waals surface area contributed by atoms with E-state index in [1.807, 2.05) is 12.1 Å². The second kappa shape index (κ2) is 9.92. The van der Waals surface area contributed by atoms with Gasteiger partial charge in [-0.25, -0.2) is 4.39 Å². The van der Waals surface area contributed by atoms with Crippen molar-refractivity contribution < 1.29 is 18.7 Å². The van der Waals surface area contributed by atoms with Gasteiger partial charge in [0.15, 0.2) is 0 Å². The van der Waals surface area contributed by atoms with Crippen molar-refractivity contribution in [2.24, 2.45) is 11.3 Å². The lowest BCUT2D eigenvalue weighted by molar-refractivity contribution is -0.136. The van der Waals surface area contributed by atoms with Crippen LogP contribution in [0.3, 0.4) is 0 Å². The van der Waals surface area contributed by atoms with Gasteiger partial charge in [0.05, 0.1) is 18.6 Å². The highest BCUT2D eigenvalue weighted by molar-refractivity contribution is 5.88. The van der Waals surface area contributed by atoms with Crippen LogP contribution in [0, 0.1) is 17.2 Å². The molecule has 2 N–H and O–H groups in total. The second-order valence-corrected chi connectivity index (χ2v) is 9.07. The number of fused-ring (bicyclic) bond motifs is 1. The van der Waals surface area contributed by atoms with Gasteiger partial charge in [-0.3, -0.25) is 14.5 Å². The summed E-state index contributed by atoms with van der Waals surface area (Å²) in [6, 6.07) is 6.70. The Labute approximate surface area is 183 Å². The van der Waals surface area contributed by atoms with Crippen molar-refractivity contribution in [2.75, 3.05) is 32.8 Å². The van der Waals surface area contributed by atoms with Crippen LogP contribution in [0.5, 0.6) is 0 Å². The molecule has 31 heavy (non-hydrogen) atoms. The number of piperidine rings is 1. The Morgan fingerprint density at radius 1 is 1.13 bits per heavy atom. The number of likely N-dealkylation sites (tertiary alicyclic amines) is 1. The molecule has 1 aromatic carbocycles. The summed E-state index contributed by atoms with van der Waals surface area (Å²) in [6.07, 6.45) is 8.11. The zero-order valence-electron chi connectivity index (χ0n) is 17.9. The number of halogens is 1. The summed E-state index contributed by atoms with van der Waals surface area (Å²) in [6.45, 7) is 3.68. The third-order valence-electron chi connectivity index (χ3n) is 6.96. The number of amides is 2. The van der Waals surface area contributed by atoms with E-state index in [4.69, 9.17) is 4.74 Å². The van der Waals surface area contributed by atoms with Crippen LogP contribution in [0.1, 0.15) is 37.7 Å². The number of carbonyl (C=O) groups is 2. The SMILES string of the molecule is O=C1CNC(=O)C2(CC=CC[C@H]3COCC[C@H]3N1)CCN(Cc1ccc(F)cc1)CC2. The maximum atomic E-state index is 13.2. The van der Waals surface area contributed by atoms with Gasteiger partial charge >= 0.3 is 0 Å². The Hall–Kier alpha value is -2.25. The van der Waals surface area contributed by atoms with Gasteiger partial charge in [-0.15, -0.1) is 0 Å². The lowest BCUT2D eigenvalue weighted by Gasteiger charge is -2.40. The van der Waals surface area contributed by atoms with Crippen molar-refractivity contribution in [1.82, 2.24) is 15.5 Å². The Morgan fingerprint density at radius 2 is 1.90 bits per heavy atom. The molecule has 7 heteroatoms. The minimum Gasteiger partial charge on any atom is -0.381 e. The molecule has 3 aliphatic heterocycles. The Bertz CT molecular complexity index is 803. The molecule has 0 aromatic heterocycles. The van der Waals surface area contributed by atoms with Gasteiger partial charge in [0, 0.05) is 25.1 Å². The van der Waals surface area contributed by atoms with E-state index >= 15 is 0 Å². The number of nitrogens with one attached hydrogen (secondary N) is 2. The summed E-state index contributed by atoms with van der Waals surface area (Å²) in [5, 5.41) is 5.99. The average Bonchev–Trinajstić information content (AvgIpc) is 2.78. The van der Waals surface area contributed by atoms with Gasteiger partial charge in [-0.05, 0) is 62.9 Å². The molecule has 2 atom stereocenters. The number of benzene rings is 1. The van der Waals surface area contributed by atoms with E-state index in [0.717, 1.165) is 50.9 Å². The molecule has 1 spiro atoms. The lowest BCUT2D eigenvalue weighted by Crippen LogP contribution is -2.52. The first-order valence-electron chi connectivity index (χ1n) is 11.3. The highest BCUT2D eigenvalue weighted by Gasteiger charge is 2.40. The highest BCUT2D eigenvalue weighted by Crippen LogP contribution is 2.36. The van der Waals surface area contributed by atoms with E-state index in [9.17, 15) is 14.0 Å². The van der Waals surface area contributed by atoms with E-state index in [1.165, 1.54) is 12.1 Å². The summed E-state index contributed by atoms with van der Waals surface area (Å²) in [7, 11) is 0. The van der Waals surface area contributed by atoms with Crippen molar-refractivity contribution in [3.63, 3.8) is 0 Å². The summed E-state index contributed by atoms with van der Waals surface area (Å²) in [5.74, 6) is -0.109. The second-order valence-electron chi connectivity index (χ2n) is 9.07. The molecule has 2 fully saturated rings. The Balaban J connectivity index is 1.41. The fraction of sp³-hybridized carbons (Fsp3) is 0.583. The molecule has 0 aliphatic carbocycles. The molecule has 0 radical (unpaired) electrons. The highest BCUT2D eigenvalue weighted by atomic mass is 19.1. The number of rotatable bonds is 2. The first kappa shape index (κ1) is 22.0. The third-order valence-corrected chi connectivity index (χ3v) is 6.96. The number of hydrogen-bond donors (Lipinski definition) is 2.